The Morgan fingerprint density at radius 2 is 2.19 bits per heavy atom. The molecule has 4 rings (SSSR count). The lowest BCUT2D eigenvalue weighted by Gasteiger charge is -2.32. The number of aromatic nitrogens is 1. The number of thiophene rings is 1. The van der Waals surface area contributed by atoms with Crippen LogP contribution in [-0.2, 0) is 11.3 Å². The fraction of sp³-hybridized carbons (Fsp3) is 0.429. The Morgan fingerprint density at radius 3 is 2.96 bits per heavy atom. The van der Waals surface area contributed by atoms with Crippen LogP contribution in [-0.4, -0.2) is 47.4 Å². The van der Waals surface area contributed by atoms with Gasteiger partial charge < -0.3 is 4.90 Å². The number of nitrogens with zero attached hydrogens (tertiary/aromatic N) is 3. The molecule has 142 valence electrons. The van der Waals surface area contributed by atoms with Crippen LogP contribution in [0.5, 0.6) is 0 Å². The molecule has 27 heavy (non-hydrogen) atoms. The van der Waals surface area contributed by atoms with Gasteiger partial charge >= 0.3 is 0 Å². The fourth-order valence-corrected chi connectivity index (χ4v) is 5.70. The molecule has 1 saturated heterocycles. The quantitative estimate of drug-likeness (QED) is 0.634. The molecule has 1 fully saturated rings. The lowest BCUT2D eigenvalue weighted by atomic mass is 9.99. The van der Waals surface area contributed by atoms with Gasteiger partial charge in [0.05, 0.1) is 28.3 Å². The number of likely N-dealkylation sites (tertiary alicyclic amines) is 1. The van der Waals surface area contributed by atoms with Crippen molar-refractivity contribution in [2.75, 3.05) is 26.7 Å². The standard InChI is InChI=1S/C21H25N3OS2/c1-15-9-11-26-19(15)13-23(2)20(25)14-24-10-5-6-16(12-24)21-22-17-7-3-4-8-18(17)27-21/h3-4,7-9,11,16H,5-6,10,12-14H2,1-2H3/t16-/m0/s1. The van der Waals surface area contributed by atoms with Gasteiger partial charge in [-0.3, -0.25) is 9.69 Å². The molecule has 0 radical (unpaired) electrons. The van der Waals surface area contributed by atoms with Crippen LogP contribution in [0.15, 0.2) is 35.7 Å². The lowest BCUT2D eigenvalue weighted by molar-refractivity contribution is -0.131. The first kappa shape index (κ1) is 18.6. The summed E-state index contributed by atoms with van der Waals surface area (Å²) in [7, 11) is 1.91. The zero-order valence-electron chi connectivity index (χ0n) is 15.9. The van der Waals surface area contributed by atoms with E-state index in [4.69, 9.17) is 4.98 Å². The summed E-state index contributed by atoms with van der Waals surface area (Å²) in [4.78, 5) is 23.0. The molecule has 1 aliphatic rings. The molecule has 3 aromatic rings. The number of piperidine rings is 1. The summed E-state index contributed by atoms with van der Waals surface area (Å²) in [5.74, 6) is 0.640. The number of benzene rings is 1. The van der Waals surface area contributed by atoms with Crippen molar-refractivity contribution in [1.82, 2.24) is 14.8 Å². The summed E-state index contributed by atoms with van der Waals surface area (Å²) in [6, 6.07) is 10.5. The van der Waals surface area contributed by atoms with Gasteiger partial charge in [0.15, 0.2) is 0 Å². The lowest BCUT2D eigenvalue weighted by Crippen LogP contribution is -2.42. The van der Waals surface area contributed by atoms with Crippen molar-refractivity contribution in [1.29, 1.82) is 0 Å². The molecule has 0 N–H and O–H groups in total. The molecule has 1 atom stereocenters. The van der Waals surface area contributed by atoms with Crippen molar-refractivity contribution in [3.8, 4) is 0 Å². The molecule has 1 amide bonds. The van der Waals surface area contributed by atoms with Gasteiger partial charge in [-0.25, -0.2) is 4.98 Å². The van der Waals surface area contributed by atoms with Crippen molar-refractivity contribution in [2.24, 2.45) is 0 Å². The molecule has 4 nitrogen and oxygen atoms in total. The molecule has 3 heterocycles. The van der Waals surface area contributed by atoms with E-state index in [-0.39, 0.29) is 5.91 Å². The number of fused-ring (bicyclic) bond motifs is 1. The van der Waals surface area contributed by atoms with Crippen LogP contribution >= 0.6 is 22.7 Å². The molecule has 1 aliphatic heterocycles. The van der Waals surface area contributed by atoms with Crippen LogP contribution in [0.25, 0.3) is 10.2 Å². The van der Waals surface area contributed by atoms with Crippen LogP contribution in [0.2, 0.25) is 0 Å². The second-order valence-corrected chi connectivity index (χ2v) is 9.43. The normalized spacial score (nSPS) is 18.1. The Morgan fingerprint density at radius 1 is 1.33 bits per heavy atom. The highest BCUT2D eigenvalue weighted by atomic mass is 32.1. The summed E-state index contributed by atoms with van der Waals surface area (Å²) < 4.78 is 1.26. The number of rotatable bonds is 5. The minimum absolute atomic E-state index is 0.202. The van der Waals surface area contributed by atoms with Gasteiger partial charge in [-0.15, -0.1) is 22.7 Å². The number of hydrogen-bond acceptors (Lipinski definition) is 5. The summed E-state index contributed by atoms with van der Waals surface area (Å²) in [5.41, 5.74) is 2.37. The van der Waals surface area contributed by atoms with Crippen LogP contribution in [0.3, 0.4) is 0 Å². The number of amides is 1. The van der Waals surface area contributed by atoms with Crippen molar-refractivity contribution >= 4 is 38.8 Å². The van der Waals surface area contributed by atoms with Crippen LogP contribution in [0.1, 0.15) is 34.2 Å². The zero-order chi connectivity index (χ0) is 18.8. The molecule has 1 aromatic carbocycles. The molecular formula is C21H25N3OS2. The van der Waals surface area contributed by atoms with E-state index in [9.17, 15) is 4.79 Å². The number of hydrogen-bond donors (Lipinski definition) is 0. The van der Waals surface area contributed by atoms with E-state index in [0.29, 0.717) is 19.0 Å². The highest BCUT2D eigenvalue weighted by molar-refractivity contribution is 7.18. The molecule has 6 heteroatoms. The third-order valence-electron chi connectivity index (χ3n) is 5.30. The molecule has 0 spiro atoms. The molecular weight excluding hydrogens is 374 g/mol. The van der Waals surface area contributed by atoms with E-state index in [0.717, 1.165) is 31.4 Å². The largest absolute Gasteiger partial charge is 0.339 e. The number of carbonyl (C=O) groups excluding carboxylic acids is 1. The van der Waals surface area contributed by atoms with Crippen molar-refractivity contribution in [3.63, 3.8) is 0 Å². The molecule has 0 aliphatic carbocycles. The smallest absolute Gasteiger partial charge is 0.236 e. The maximum atomic E-state index is 12.7. The summed E-state index contributed by atoms with van der Waals surface area (Å²) in [6.45, 7) is 5.24. The minimum atomic E-state index is 0.202. The maximum Gasteiger partial charge on any atom is 0.236 e. The van der Waals surface area contributed by atoms with Gasteiger partial charge in [-0.2, -0.15) is 0 Å². The summed E-state index contributed by atoms with van der Waals surface area (Å²) in [5, 5.41) is 3.31. The van der Waals surface area contributed by atoms with E-state index in [1.54, 1.807) is 22.7 Å². The van der Waals surface area contributed by atoms with Crippen LogP contribution in [0, 0.1) is 6.92 Å². The highest BCUT2D eigenvalue weighted by Crippen LogP contribution is 2.32. The first-order valence-corrected chi connectivity index (χ1v) is 11.1. The number of aryl methyl sites for hydroxylation is 1. The molecule has 0 unspecified atom stereocenters. The maximum absolute atomic E-state index is 12.7. The Balaban J connectivity index is 1.37. The minimum Gasteiger partial charge on any atom is -0.339 e. The molecule has 2 aromatic heterocycles. The second kappa shape index (κ2) is 8.09. The average Bonchev–Trinajstić information content (AvgIpc) is 3.28. The Hall–Kier alpha value is -1.76. The summed E-state index contributed by atoms with van der Waals surface area (Å²) >= 11 is 3.53. The van der Waals surface area contributed by atoms with Gasteiger partial charge in [-0.1, -0.05) is 12.1 Å². The number of thiazole rings is 1. The predicted molar refractivity (Wildman–Crippen MR) is 114 cm³/mol. The average molecular weight is 400 g/mol. The SMILES string of the molecule is Cc1ccsc1CN(C)C(=O)CN1CCC[C@H](c2nc3ccccc3s2)C1. The van der Waals surface area contributed by atoms with Crippen molar-refractivity contribution in [2.45, 2.75) is 32.2 Å². The second-order valence-electron chi connectivity index (χ2n) is 7.37. The van der Waals surface area contributed by atoms with E-state index in [1.165, 1.54) is 20.1 Å². The topological polar surface area (TPSA) is 36.4 Å². The first-order valence-electron chi connectivity index (χ1n) is 9.45. The first-order chi connectivity index (χ1) is 13.1. The molecule has 0 bridgehead atoms. The Labute approximate surface area is 168 Å². The molecule has 0 saturated carbocycles. The van der Waals surface area contributed by atoms with Gasteiger partial charge in [0.2, 0.25) is 5.91 Å². The van der Waals surface area contributed by atoms with E-state index in [2.05, 4.69) is 41.5 Å². The van der Waals surface area contributed by atoms with Crippen LogP contribution in [0.4, 0.5) is 0 Å². The number of carbonyl (C=O) groups is 1. The van der Waals surface area contributed by atoms with Gasteiger partial charge in [-0.05, 0) is 55.5 Å². The number of para-hydroxylation sites is 1. The summed E-state index contributed by atoms with van der Waals surface area (Å²) in [6.07, 6.45) is 2.29. The Kier molecular flexibility index (Phi) is 5.57. The van der Waals surface area contributed by atoms with E-state index < -0.39 is 0 Å². The van der Waals surface area contributed by atoms with Gasteiger partial charge in [0, 0.05) is 24.4 Å². The van der Waals surface area contributed by atoms with Gasteiger partial charge in [0.1, 0.15) is 0 Å². The van der Waals surface area contributed by atoms with Gasteiger partial charge in [0.25, 0.3) is 0 Å². The van der Waals surface area contributed by atoms with E-state index in [1.807, 2.05) is 18.0 Å². The van der Waals surface area contributed by atoms with Crippen LogP contribution < -0.4 is 0 Å². The predicted octanol–water partition coefficient (Wildman–Crippen LogP) is 4.50. The van der Waals surface area contributed by atoms with Crippen molar-refractivity contribution < 1.29 is 4.79 Å². The van der Waals surface area contributed by atoms with E-state index >= 15 is 0 Å². The fourth-order valence-electron chi connectivity index (χ4n) is 3.65. The zero-order valence-corrected chi connectivity index (χ0v) is 17.5. The van der Waals surface area contributed by atoms with Crippen molar-refractivity contribution in [3.05, 3.63) is 51.2 Å². The third kappa shape index (κ3) is 4.23. The number of likely N-dealkylation sites (N-methyl/N-ethyl adjacent to an activating group) is 1. The Bertz CT molecular complexity index is 899. The monoisotopic (exact) mass is 399 g/mol. The highest BCUT2D eigenvalue weighted by Gasteiger charge is 2.26. The third-order valence-corrected chi connectivity index (χ3v) is 7.51.